The molecule has 13 nitrogen and oxygen atoms in total. The first-order valence-corrected chi connectivity index (χ1v) is 13.8. The lowest BCUT2D eigenvalue weighted by atomic mass is 10.1. The monoisotopic (exact) mass is 567 g/mol. The maximum atomic E-state index is 13.1. The minimum absolute atomic E-state index is 0.00324. The molecule has 2 amide bonds. The largest absolute Gasteiger partial charge is 0.480 e. The third-order valence-electron chi connectivity index (χ3n) is 6.12. The Hall–Kier alpha value is -4.56. The van der Waals surface area contributed by atoms with Crippen LogP contribution in [-0.2, 0) is 26.2 Å². The van der Waals surface area contributed by atoms with Gasteiger partial charge in [-0.05, 0) is 38.0 Å². The Kier molecular flexibility index (Phi) is 8.30. The van der Waals surface area contributed by atoms with Gasteiger partial charge in [0.2, 0.25) is 21.9 Å². The van der Waals surface area contributed by atoms with Gasteiger partial charge in [-0.1, -0.05) is 35.9 Å². The van der Waals surface area contributed by atoms with Gasteiger partial charge in [-0.15, -0.1) is 0 Å². The molecule has 210 valence electrons. The number of sulfonamides is 1. The van der Waals surface area contributed by atoms with Crippen molar-refractivity contribution in [3.8, 4) is 0 Å². The number of carbonyl (C=O) groups is 3. The molecular weight excluding hydrogens is 538 g/mol. The number of aromatic nitrogens is 4. The molecule has 2 aromatic heterocycles. The van der Waals surface area contributed by atoms with Gasteiger partial charge in [0.1, 0.15) is 6.04 Å². The van der Waals surface area contributed by atoms with Crippen LogP contribution >= 0.6 is 0 Å². The van der Waals surface area contributed by atoms with Gasteiger partial charge in [0.05, 0.1) is 17.0 Å². The Labute approximate surface area is 230 Å². The van der Waals surface area contributed by atoms with E-state index >= 15 is 0 Å². The number of benzene rings is 2. The molecule has 0 unspecified atom stereocenters. The van der Waals surface area contributed by atoms with Crippen molar-refractivity contribution in [1.29, 1.82) is 0 Å². The van der Waals surface area contributed by atoms with Crippen LogP contribution in [0.2, 0.25) is 0 Å². The second-order valence-corrected chi connectivity index (χ2v) is 10.9. The van der Waals surface area contributed by atoms with Crippen molar-refractivity contribution >= 4 is 44.7 Å². The molecule has 0 radical (unpaired) electrons. The molecule has 2 aromatic carbocycles. The van der Waals surface area contributed by atoms with Crippen molar-refractivity contribution in [3.05, 3.63) is 71.2 Å². The molecule has 14 heteroatoms. The standard InChI is InChI=1S/C26H29N7O6S/c1-15-12-16(2)23(17(3)13-15)40(38,39)32-19(25(36)37)14-29-24(35)22-18-6-4-5-7-20(18)33(31-22)11-8-21(34)30-26-27-9-10-28-26/h4-7,9-10,12-13,19,32H,8,11,14H2,1-3H3,(H,29,35)(H,36,37)(H2,27,28,30,34)/t19-/m0/s1. The third kappa shape index (κ3) is 6.35. The van der Waals surface area contributed by atoms with Gasteiger partial charge >= 0.3 is 5.97 Å². The van der Waals surface area contributed by atoms with Gasteiger partial charge in [-0.25, -0.2) is 13.4 Å². The summed E-state index contributed by atoms with van der Waals surface area (Å²) in [6.07, 6.45) is 3.13. The number of aryl methyl sites for hydroxylation is 4. The Balaban J connectivity index is 1.48. The first kappa shape index (κ1) is 28.4. The molecule has 0 fully saturated rings. The third-order valence-corrected chi connectivity index (χ3v) is 7.89. The normalized spacial score (nSPS) is 12.3. The number of imidazole rings is 1. The van der Waals surface area contributed by atoms with Crippen molar-refractivity contribution < 1.29 is 27.9 Å². The number of fused-ring (bicyclic) bond motifs is 1. The summed E-state index contributed by atoms with van der Waals surface area (Å²) in [6.45, 7) is 4.74. The summed E-state index contributed by atoms with van der Waals surface area (Å²) in [7, 11) is -4.21. The van der Waals surface area contributed by atoms with Crippen LogP contribution < -0.4 is 15.4 Å². The van der Waals surface area contributed by atoms with E-state index in [4.69, 9.17) is 0 Å². The second kappa shape index (κ2) is 11.7. The van der Waals surface area contributed by atoms with Crippen LogP contribution in [-0.4, -0.2) is 63.6 Å². The maximum Gasteiger partial charge on any atom is 0.323 e. The van der Waals surface area contributed by atoms with Crippen LogP contribution in [0.15, 0.2) is 53.7 Å². The fourth-order valence-corrected chi connectivity index (χ4v) is 6.14. The highest BCUT2D eigenvalue weighted by Gasteiger charge is 2.29. The maximum absolute atomic E-state index is 13.1. The van der Waals surface area contributed by atoms with Gasteiger partial charge in [0.15, 0.2) is 5.69 Å². The molecule has 2 heterocycles. The quantitative estimate of drug-likeness (QED) is 0.182. The highest BCUT2D eigenvalue weighted by atomic mass is 32.2. The smallest absolute Gasteiger partial charge is 0.323 e. The molecule has 1 atom stereocenters. The molecule has 0 aliphatic rings. The topological polar surface area (TPSA) is 188 Å². The Morgan fingerprint density at radius 3 is 2.45 bits per heavy atom. The van der Waals surface area contributed by atoms with E-state index < -0.39 is 34.5 Å². The number of para-hydroxylation sites is 1. The Morgan fingerprint density at radius 1 is 1.10 bits per heavy atom. The number of carboxylic acids is 1. The molecule has 0 aliphatic heterocycles. The van der Waals surface area contributed by atoms with Crippen LogP contribution in [0.5, 0.6) is 0 Å². The molecule has 4 rings (SSSR count). The summed E-state index contributed by atoms with van der Waals surface area (Å²) in [5, 5.41) is 19.6. The number of anilines is 1. The second-order valence-electron chi connectivity index (χ2n) is 9.27. The molecule has 0 aliphatic carbocycles. The van der Waals surface area contributed by atoms with Crippen LogP contribution in [0.25, 0.3) is 10.9 Å². The Bertz CT molecular complexity index is 1660. The van der Waals surface area contributed by atoms with E-state index in [0.29, 0.717) is 28.0 Å². The lowest BCUT2D eigenvalue weighted by Gasteiger charge is -2.18. The summed E-state index contributed by atoms with van der Waals surface area (Å²) in [6, 6.07) is 8.65. The number of aliphatic carboxylic acids is 1. The van der Waals surface area contributed by atoms with Gasteiger partial charge in [-0.2, -0.15) is 9.82 Å². The number of nitrogens with zero attached hydrogens (tertiary/aromatic N) is 3. The fraction of sp³-hybridized carbons (Fsp3) is 0.269. The number of carboxylic acid groups (broad SMARTS) is 1. The summed E-state index contributed by atoms with van der Waals surface area (Å²) in [5.74, 6) is -2.14. The highest BCUT2D eigenvalue weighted by Crippen LogP contribution is 2.22. The van der Waals surface area contributed by atoms with Crippen LogP contribution in [0.3, 0.4) is 0 Å². The van der Waals surface area contributed by atoms with Crippen LogP contribution in [0.1, 0.15) is 33.6 Å². The lowest BCUT2D eigenvalue weighted by Crippen LogP contribution is -2.48. The predicted octanol–water partition coefficient (Wildman–Crippen LogP) is 1.87. The van der Waals surface area contributed by atoms with Gasteiger partial charge in [0.25, 0.3) is 5.91 Å². The van der Waals surface area contributed by atoms with E-state index in [2.05, 4.69) is 30.4 Å². The molecular formula is C26H29N7O6S. The van der Waals surface area contributed by atoms with Crippen molar-refractivity contribution in [3.63, 3.8) is 0 Å². The first-order chi connectivity index (χ1) is 19.0. The summed E-state index contributed by atoms with van der Waals surface area (Å²) < 4.78 is 29.9. The van der Waals surface area contributed by atoms with Crippen molar-refractivity contribution in [2.24, 2.45) is 0 Å². The number of amides is 2. The van der Waals surface area contributed by atoms with Crippen molar-refractivity contribution in [2.45, 2.75) is 44.7 Å². The minimum atomic E-state index is -4.21. The zero-order chi connectivity index (χ0) is 29.0. The van der Waals surface area contributed by atoms with Crippen LogP contribution in [0, 0.1) is 20.8 Å². The summed E-state index contributed by atoms with van der Waals surface area (Å²) in [4.78, 5) is 44.0. The van der Waals surface area contributed by atoms with Crippen molar-refractivity contribution in [2.75, 3.05) is 11.9 Å². The predicted molar refractivity (Wildman–Crippen MR) is 146 cm³/mol. The van der Waals surface area contributed by atoms with Gasteiger partial charge in [0, 0.05) is 30.7 Å². The van der Waals surface area contributed by atoms with Gasteiger partial charge < -0.3 is 15.4 Å². The fourth-order valence-electron chi connectivity index (χ4n) is 4.50. The number of carbonyl (C=O) groups excluding carboxylic acids is 2. The van der Waals surface area contributed by atoms with E-state index in [1.165, 1.54) is 10.9 Å². The number of rotatable bonds is 11. The number of H-pyrrole nitrogens is 1. The molecule has 0 spiro atoms. The lowest BCUT2D eigenvalue weighted by molar-refractivity contribution is -0.138. The summed E-state index contributed by atoms with van der Waals surface area (Å²) >= 11 is 0. The zero-order valence-corrected chi connectivity index (χ0v) is 22.9. The van der Waals surface area contributed by atoms with E-state index in [1.54, 1.807) is 56.4 Å². The van der Waals surface area contributed by atoms with E-state index in [9.17, 15) is 27.9 Å². The molecule has 40 heavy (non-hydrogen) atoms. The van der Waals surface area contributed by atoms with Crippen LogP contribution in [0.4, 0.5) is 5.95 Å². The molecule has 0 saturated carbocycles. The molecule has 0 saturated heterocycles. The van der Waals surface area contributed by atoms with Crippen molar-refractivity contribution in [1.82, 2.24) is 29.8 Å². The Morgan fingerprint density at radius 2 is 1.80 bits per heavy atom. The molecule has 0 bridgehead atoms. The zero-order valence-electron chi connectivity index (χ0n) is 22.1. The van der Waals surface area contributed by atoms with E-state index in [0.717, 1.165) is 5.56 Å². The van der Waals surface area contributed by atoms with E-state index in [-0.39, 0.29) is 29.5 Å². The number of aromatic amines is 1. The highest BCUT2D eigenvalue weighted by molar-refractivity contribution is 7.89. The molecule has 5 N–H and O–H groups in total. The van der Waals surface area contributed by atoms with Gasteiger partial charge in [-0.3, -0.25) is 24.4 Å². The summed E-state index contributed by atoms with van der Waals surface area (Å²) in [5.41, 5.74) is 2.44. The first-order valence-electron chi connectivity index (χ1n) is 12.3. The molecule has 4 aromatic rings. The average Bonchev–Trinajstić information content (AvgIpc) is 3.52. The number of nitrogens with one attached hydrogen (secondary N) is 4. The number of hydrogen-bond donors (Lipinski definition) is 5. The SMILES string of the molecule is Cc1cc(C)c(S(=O)(=O)N[C@@H](CNC(=O)c2nn(CCC(=O)Nc3ncc[nH]3)c3ccccc23)C(=O)O)c(C)c1. The minimum Gasteiger partial charge on any atom is -0.480 e. The average molecular weight is 568 g/mol. The number of hydrogen-bond acceptors (Lipinski definition) is 7. The van der Waals surface area contributed by atoms with E-state index in [1.807, 2.05) is 6.92 Å².